The van der Waals surface area contributed by atoms with Crippen molar-refractivity contribution < 1.29 is 14.3 Å². The maximum absolute atomic E-state index is 12.9. The third-order valence-electron chi connectivity index (χ3n) is 4.84. The number of carbonyl (C=O) groups is 1. The predicted molar refractivity (Wildman–Crippen MR) is 108 cm³/mol. The minimum atomic E-state index is -0.341. The Bertz CT molecular complexity index is 870. The van der Waals surface area contributed by atoms with Crippen molar-refractivity contribution in [1.82, 2.24) is 5.32 Å². The fourth-order valence-electron chi connectivity index (χ4n) is 3.56. The van der Waals surface area contributed by atoms with Crippen LogP contribution in [0.25, 0.3) is 0 Å². The summed E-state index contributed by atoms with van der Waals surface area (Å²) in [5.74, 6) is 1.51. The van der Waals surface area contributed by atoms with Gasteiger partial charge in [-0.05, 0) is 62.6 Å². The van der Waals surface area contributed by atoms with Gasteiger partial charge in [-0.3, -0.25) is 4.79 Å². The number of benzene rings is 2. The summed E-state index contributed by atoms with van der Waals surface area (Å²) in [6.45, 7) is 9.91. The summed E-state index contributed by atoms with van der Waals surface area (Å²) in [6, 6.07) is 11.5. The lowest BCUT2D eigenvalue weighted by Gasteiger charge is -2.38. The SMILES string of the molecule is C=CCc1cc(C(=O)NC2CC(C)(C)Oc3cc(C)ccc32)ccc1OC. The number of amides is 1. The number of methoxy groups -OCH3 is 1. The van der Waals surface area contributed by atoms with E-state index >= 15 is 0 Å². The van der Waals surface area contributed by atoms with Gasteiger partial charge in [0.25, 0.3) is 5.91 Å². The summed E-state index contributed by atoms with van der Waals surface area (Å²) in [7, 11) is 1.63. The second-order valence-corrected chi connectivity index (χ2v) is 7.65. The molecule has 0 bridgehead atoms. The highest BCUT2D eigenvalue weighted by atomic mass is 16.5. The number of carbonyl (C=O) groups excluding carboxylic acids is 1. The van der Waals surface area contributed by atoms with E-state index in [1.54, 1.807) is 19.3 Å². The Morgan fingerprint density at radius 1 is 1.33 bits per heavy atom. The van der Waals surface area contributed by atoms with Gasteiger partial charge >= 0.3 is 0 Å². The number of rotatable bonds is 5. The van der Waals surface area contributed by atoms with E-state index in [-0.39, 0.29) is 17.6 Å². The van der Waals surface area contributed by atoms with Crippen molar-refractivity contribution in [3.63, 3.8) is 0 Å². The summed E-state index contributed by atoms with van der Waals surface area (Å²) >= 11 is 0. The van der Waals surface area contributed by atoms with Crippen LogP contribution in [0.3, 0.4) is 0 Å². The van der Waals surface area contributed by atoms with Crippen molar-refractivity contribution >= 4 is 5.91 Å². The highest BCUT2D eigenvalue weighted by Crippen LogP contribution is 2.40. The normalized spacial score (nSPS) is 17.4. The maximum Gasteiger partial charge on any atom is 0.251 e. The second-order valence-electron chi connectivity index (χ2n) is 7.65. The fraction of sp³-hybridized carbons (Fsp3) is 0.348. The second kappa shape index (κ2) is 7.47. The summed E-state index contributed by atoms with van der Waals surface area (Å²) in [6.07, 6.45) is 3.17. The Morgan fingerprint density at radius 2 is 2.11 bits per heavy atom. The zero-order valence-corrected chi connectivity index (χ0v) is 16.5. The molecule has 1 N–H and O–H groups in total. The van der Waals surface area contributed by atoms with E-state index in [0.717, 1.165) is 28.2 Å². The molecule has 27 heavy (non-hydrogen) atoms. The molecular formula is C23H27NO3. The van der Waals surface area contributed by atoms with Crippen LogP contribution in [0, 0.1) is 6.92 Å². The Hall–Kier alpha value is -2.75. The summed E-state index contributed by atoms with van der Waals surface area (Å²) in [4.78, 5) is 12.9. The first-order valence-corrected chi connectivity index (χ1v) is 9.21. The van der Waals surface area contributed by atoms with E-state index in [0.29, 0.717) is 18.4 Å². The van der Waals surface area contributed by atoms with Crippen LogP contribution >= 0.6 is 0 Å². The molecule has 1 amide bonds. The highest BCUT2D eigenvalue weighted by Gasteiger charge is 2.34. The van der Waals surface area contributed by atoms with Gasteiger partial charge in [-0.1, -0.05) is 18.2 Å². The van der Waals surface area contributed by atoms with E-state index in [9.17, 15) is 4.79 Å². The molecule has 1 aliphatic rings. The van der Waals surface area contributed by atoms with Crippen LogP contribution in [0.15, 0.2) is 49.1 Å². The zero-order valence-electron chi connectivity index (χ0n) is 16.5. The molecule has 1 heterocycles. The smallest absolute Gasteiger partial charge is 0.251 e. The predicted octanol–water partition coefficient (Wildman–Crippen LogP) is 4.76. The quantitative estimate of drug-likeness (QED) is 0.777. The lowest BCUT2D eigenvalue weighted by molar-refractivity contribution is 0.0619. The largest absolute Gasteiger partial charge is 0.496 e. The van der Waals surface area contributed by atoms with Crippen LogP contribution in [-0.2, 0) is 6.42 Å². The first kappa shape index (κ1) is 19.0. The van der Waals surface area contributed by atoms with Gasteiger partial charge < -0.3 is 14.8 Å². The van der Waals surface area contributed by atoms with Crippen molar-refractivity contribution in [2.24, 2.45) is 0 Å². The Labute approximate surface area is 161 Å². The van der Waals surface area contributed by atoms with Crippen LogP contribution in [0.4, 0.5) is 0 Å². The molecule has 1 aliphatic heterocycles. The molecular weight excluding hydrogens is 338 g/mol. The highest BCUT2D eigenvalue weighted by molar-refractivity contribution is 5.95. The molecule has 0 fully saturated rings. The summed E-state index contributed by atoms with van der Waals surface area (Å²) in [5.41, 5.74) is 3.38. The number of fused-ring (bicyclic) bond motifs is 1. The van der Waals surface area contributed by atoms with Crippen molar-refractivity contribution in [2.45, 2.75) is 45.3 Å². The molecule has 0 saturated heterocycles. The minimum Gasteiger partial charge on any atom is -0.496 e. The van der Waals surface area contributed by atoms with Gasteiger partial charge in [-0.2, -0.15) is 0 Å². The average Bonchev–Trinajstić information content (AvgIpc) is 2.60. The van der Waals surface area contributed by atoms with Crippen molar-refractivity contribution in [3.8, 4) is 11.5 Å². The number of ether oxygens (including phenoxy) is 2. The van der Waals surface area contributed by atoms with Gasteiger partial charge in [0.05, 0.1) is 13.2 Å². The van der Waals surface area contributed by atoms with Crippen molar-refractivity contribution in [1.29, 1.82) is 0 Å². The fourth-order valence-corrected chi connectivity index (χ4v) is 3.56. The first-order valence-electron chi connectivity index (χ1n) is 9.21. The van der Waals surface area contributed by atoms with Gasteiger partial charge in [0.1, 0.15) is 17.1 Å². The minimum absolute atomic E-state index is 0.0956. The maximum atomic E-state index is 12.9. The average molecular weight is 365 g/mol. The van der Waals surface area contributed by atoms with Crippen molar-refractivity contribution in [3.05, 3.63) is 71.3 Å². The molecule has 2 aromatic rings. The van der Waals surface area contributed by atoms with E-state index in [1.165, 1.54) is 0 Å². The van der Waals surface area contributed by atoms with Crippen LogP contribution in [0.2, 0.25) is 0 Å². The molecule has 142 valence electrons. The Balaban J connectivity index is 1.88. The summed E-state index contributed by atoms with van der Waals surface area (Å²) in [5, 5.41) is 3.19. The van der Waals surface area contributed by atoms with Gasteiger partial charge in [-0.25, -0.2) is 0 Å². The van der Waals surface area contributed by atoms with Crippen LogP contribution in [-0.4, -0.2) is 18.6 Å². The number of hydrogen-bond donors (Lipinski definition) is 1. The Kier molecular flexibility index (Phi) is 5.26. The standard InChI is InChI=1S/C23H27NO3/c1-6-7-16-13-17(9-11-20(16)26-5)22(25)24-19-14-23(3,4)27-21-12-15(2)8-10-18(19)21/h6,8-13,19H,1,7,14H2,2-5H3,(H,24,25). The van der Waals surface area contributed by atoms with E-state index in [1.807, 2.05) is 45.0 Å². The van der Waals surface area contributed by atoms with E-state index < -0.39 is 0 Å². The van der Waals surface area contributed by atoms with Gasteiger partial charge in [0.15, 0.2) is 0 Å². The molecule has 0 radical (unpaired) electrons. The van der Waals surface area contributed by atoms with Gasteiger partial charge in [-0.15, -0.1) is 6.58 Å². The first-order chi connectivity index (χ1) is 12.8. The van der Waals surface area contributed by atoms with E-state index in [4.69, 9.17) is 9.47 Å². The van der Waals surface area contributed by atoms with Gasteiger partial charge in [0, 0.05) is 17.5 Å². The molecule has 0 saturated carbocycles. The lowest BCUT2D eigenvalue weighted by atomic mass is 9.89. The van der Waals surface area contributed by atoms with Crippen LogP contribution < -0.4 is 14.8 Å². The molecule has 0 aromatic heterocycles. The van der Waals surface area contributed by atoms with Gasteiger partial charge in [0.2, 0.25) is 0 Å². The molecule has 2 aromatic carbocycles. The van der Waals surface area contributed by atoms with Crippen LogP contribution in [0.5, 0.6) is 11.5 Å². The molecule has 3 rings (SSSR count). The number of nitrogens with one attached hydrogen (secondary N) is 1. The molecule has 4 nitrogen and oxygen atoms in total. The monoisotopic (exact) mass is 365 g/mol. The third-order valence-corrected chi connectivity index (χ3v) is 4.84. The summed E-state index contributed by atoms with van der Waals surface area (Å²) < 4.78 is 11.5. The van der Waals surface area contributed by atoms with Crippen molar-refractivity contribution in [2.75, 3.05) is 7.11 Å². The molecule has 1 unspecified atom stereocenters. The topological polar surface area (TPSA) is 47.6 Å². The van der Waals surface area contributed by atoms with E-state index in [2.05, 4.69) is 18.0 Å². The number of hydrogen-bond acceptors (Lipinski definition) is 3. The molecule has 0 spiro atoms. The number of aryl methyl sites for hydroxylation is 1. The molecule has 0 aliphatic carbocycles. The molecule has 1 atom stereocenters. The third kappa shape index (κ3) is 4.16. The van der Waals surface area contributed by atoms with Crippen LogP contribution in [0.1, 0.15) is 53.4 Å². The Morgan fingerprint density at radius 3 is 2.81 bits per heavy atom. The molecule has 4 heteroatoms. The zero-order chi connectivity index (χ0) is 19.6. The number of allylic oxidation sites excluding steroid dienone is 1. The lowest BCUT2D eigenvalue weighted by Crippen LogP contribution is -2.41.